The fraction of sp³-hybridized carbons (Fsp3) is 0.333. The molecule has 0 aliphatic carbocycles. The third-order valence-electron chi connectivity index (χ3n) is 4.09. The molecule has 1 aliphatic heterocycles. The van der Waals surface area contributed by atoms with Crippen LogP contribution in [0.15, 0.2) is 54.6 Å². The van der Waals surface area contributed by atoms with Gasteiger partial charge in [-0.3, -0.25) is 0 Å². The Kier molecular flexibility index (Phi) is 3.75. The molecule has 2 heteroatoms. The van der Waals surface area contributed by atoms with Crippen LogP contribution in [-0.2, 0) is 12.1 Å². The van der Waals surface area contributed by atoms with Crippen molar-refractivity contribution in [2.45, 2.75) is 31.9 Å². The number of benzene rings is 2. The van der Waals surface area contributed by atoms with E-state index in [1.165, 1.54) is 24.0 Å². The van der Waals surface area contributed by atoms with Crippen LogP contribution < -0.4 is 10.1 Å². The van der Waals surface area contributed by atoms with E-state index in [0.29, 0.717) is 6.61 Å². The predicted molar refractivity (Wildman–Crippen MR) is 81.8 cm³/mol. The van der Waals surface area contributed by atoms with Gasteiger partial charge in [-0.15, -0.1) is 0 Å². The molecule has 2 aromatic rings. The second-order valence-electron chi connectivity index (χ2n) is 5.66. The summed E-state index contributed by atoms with van der Waals surface area (Å²) >= 11 is 0. The molecule has 1 unspecified atom stereocenters. The van der Waals surface area contributed by atoms with Crippen molar-refractivity contribution >= 4 is 0 Å². The summed E-state index contributed by atoms with van der Waals surface area (Å²) in [6.07, 6.45) is 2.43. The third-order valence-corrected chi connectivity index (χ3v) is 4.09. The van der Waals surface area contributed by atoms with Gasteiger partial charge in [0.05, 0.1) is 0 Å². The second kappa shape index (κ2) is 5.68. The largest absolute Gasteiger partial charge is 0.489 e. The SMILES string of the molecule is CC1(c2cccc(OCc3ccccc3)c2)CCCN1. The molecule has 0 radical (unpaired) electrons. The van der Waals surface area contributed by atoms with Crippen molar-refractivity contribution in [3.63, 3.8) is 0 Å². The van der Waals surface area contributed by atoms with Crippen molar-refractivity contribution in [3.8, 4) is 5.75 Å². The molecule has 0 amide bonds. The Hall–Kier alpha value is -1.80. The van der Waals surface area contributed by atoms with Crippen molar-refractivity contribution in [1.82, 2.24) is 5.32 Å². The van der Waals surface area contributed by atoms with Gasteiger partial charge in [-0.1, -0.05) is 42.5 Å². The van der Waals surface area contributed by atoms with Crippen LogP contribution in [0.5, 0.6) is 5.75 Å². The van der Waals surface area contributed by atoms with Crippen molar-refractivity contribution in [2.75, 3.05) is 6.54 Å². The number of hydrogen-bond acceptors (Lipinski definition) is 2. The lowest BCUT2D eigenvalue weighted by molar-refractivity contribution is 0.304. The normalized spacial score (nSPS) is 21.9. The zero-order chi connectivity index (χ0) is 13.8. The van der Waals surface area contributed by atoms with Gasteiger partial charge < -0.3 is 10.1 Å². The Morgan fingerprint density at radius 3 is 2.70 bits per heavy atom. The monoisotopic (exact) mass is 267 g/mol. The molecule has 3 rings (SSSR count). The summed E-state index contributed by atoms with van der Waals surface area (Å²) < 4.78 is 5.91. The van der Waals surface area contributed by atoms with E-state index in [1.54, 1.807) is 0 Å². The van der Waals surface area contributed by atoms with Crippen LogP contribution in [0.2, 0.25) is 0 Å². The van der Waals surface area contributed by atoms with E-state index in [1.807, 2.05) is 24.3 Å². The minimum absolute atomic E-state index is 0.103. The summed E-state index contributed by atoms with van der Waals surface area (Å²) in [5, 5.41) is 3.59. The first kappa shape index (κ1) is 13.2. The summed E-state index contributed by atoms with van der Waals surface area (Å²) in [5.41, 5.74) is 2.62. The molecule has 0 spiro atoms. The van der Waals surface area contributed by atoms with Gasteiger partial charge in [-0.2, -0.15) is 0 Å². The summed E-state index contributed by atoms with van der Waals surface area (Å²) in [6, 6.07) is 18.8. The Morgan fingerprint density at radius 1 is 1.10 bits per heavy atom. The van der Waals surface area contributed by atoms with Crippen LogP contribution in [0.3, 0.4) is 0 Å². The molecule has 2 nitrogen and oxygen atoms in total. The summed E-state index contributed by atoms with van der Waals surface area (Å²) in [7, 11) is 0. The molecule has 0 saturated carbocycles. The first-order valence-electron chi connectivity index (χ1n) is 7.29. The van der Waals surface area contributed by atoms with Crippen LogP contribution in [0.1, 0.15) is 30.9 Å². The lowest BCUT2D eigenvalue weighted by Crippen LogP contribution is -2.33. The zero-order valence-corrected chi connectivity index (χ0v) is 11.9. The van der Waals surface area contributed by atoms with E-state index in [4.69, 9.17) is 4.74 Å². The molecule has 1 saturated heterocycles. The van der Waals surface area contributed by atoms with Crippen LogP contribution in [-0.4, -0.2) is 6.54 Å². The van der Waals surface area contributed by atoms with E-state index >= 15 is 0 Å². The van der Waals surface area contributed by atoms with Crippen LogP contribution in [0, 0.1) is 0 Å². The van der Waals surface area contributed by atoms with E-state index in [-0.39, 0.29) is 5.54 Å². The highest BCUT2D eigenvalue weighted by atomic mass is 16.5. The molecule has 104 valence electrons. The topological polar surface area (TPSA) is 21.3 Å². The van der Waals surface area contributed by atoms with Gasteiger partial charge in [-0.25, -0.2) is 0 Å². The first-order valence-corrected chi connectivity index (χ1v) is 7.29. The van der Waals surface area contributed by atoms with Gasteiger partial charge in [0.2, 0.25) is 0 Å². The van der Waals surface area contributed by atoms with Crippen LogP contribution >= 0.6 is 0 Å². The lowest BCUT2D eigenvalue weighted by atomic mass is 9.90. The maximum absolute atomic E-state index is 5.91. The number of hydrogen-bond donors (Lipinski definition) is 1. The molecule has 1 fully saturated rings. The van der Waals surface area contributed by atoms with Gasteiger partial charge >= 0.3 is 0 Å². The minimum atomic E-state index is 0.103. The van der Waals surface area contributed by atoms with Crippen LogP contribution in [0.25, 0.3) is 0 Å². The smallest absolute Gasteiger partial charge is 0.120 e. The standard InChI is InChI=1S/C18H21NO/c1-18(11-6-12-19-18)16-9-5-10-17(13-16)20-14-15-7-3-2-4-8-15/h2-5,7-10,13,19H,6,11-12,14H2,1H3. The van der Waals surface area contributed by atoms with Crippen molar-refractivity contribution in [2.24, 2.45) is 0 Å². The van der Waals surface area contributed by atoms with E-state index < -0.39 is 0 Å². The van der Waals surface area contributed by atoms with Crippen molar-refractivity contribution in [1.29, 1.82) is 0 Å². The summed E-state index contributed by atoms with van der Waals surface area (Å²) in [6.45, 7) is 4.00. The van der Waals surface area contributed by atoms with Crippen molar-refractivity contribution in [3.05, 3.63) is 65.7 Å². The molecule has 20 heavy (non-hydrogen) atoms. The highest BCUT2D eigenvalue weighted by Crippen LogP contribution is 2.32. The molecule has 1 heterocycles. The molecular weight excluding hydrogens is 246 g/mol. The highest BCUT2D eigenvalue weighted by molar-refractivity contribution is 5.34. The molecule has 1 aliphatic rings. The summed E-state index contributed by atoms with van der Waals surface area (Å²) in [4.78, 5) is 0. The van der Waals surface area contributed by atoms with Gasteiger partial charge in [-0.05, 0) is 49.6 Å². The average Bonchev–Trinajstić information content (AvgIpc) is 2.95. The third kappa shape index (κ3) is 2.86. The minimum Gasteiger partial charge on any atom is -0.489 e. The maximum atomic E-state index is 5.91. The zero-order valence-electron chi connectivity index (χ0n) is 11.9. The fourth-order valence-electron chi connectivity index (χ4n) is 2.81. The van der Waals surface area contributed by atoms with E-state index in [2.05, 4.69) is 42.6 Å². The van der Waals surface area contributed by atoms with Gasteiger partial charge in [0, 0.05) is 5.54 Å². The van der Waals surface area contributed by atoms with Crippen LogP contribution in [0.4, 0.5) is 0 Å². The Labute approximate surface area is 120 Å². The fourth-order valence-corrected chi connectivity index (χ4v) is 2.81. The van der Waals surface area contributed by atoms with Gasteiger partial charge in [0.1, 0.15) is 12.4 Å². The van der Waals surface area contributed by atoms with Gasteiger partial charge in [0.15, 0.2) is 0 Å². The number of ether oxygens (including phenoxy) is 1. The Balaban J connectivity index is 1.71. The lowest BCUT2D eigenvalue weighted by Gasteiger charge is -2.25. The van der Waals surface area contributed by atoms with Crippen molar-refractivity contribution < 1.29 is 4.74 Å². The van der Waals surface area contributed by atoms with E-state index in [0.717, 1.165) is 12.3 Å². The summed E-state index contributed by atoms with van der Waals surface area (Å²) in [5.74, 6) is 0.946. The quantitative estimate of drug-likeness (QED) is 0.908. The number of rotatable bonds is 4. The molecule has 1 N–H and O–H groups in total. The number of nitrogens with one attached hydrogen (secondary N) is 1. The average molecular weight is 267 g/mol. The highest BCUT2D eigenvalue weighted by Gasteiger charge is 2.29. The molecule has 2 aromatic carbocycles. The van der Waals surface area contributed by atoms with Gasteiger partial charge in [0.25, 0.3) is 0 Å². The predicted octanol–water partition coefficient (Wildman–Crippen LogP) is 3.86. The Bertz CT molecular complexity index is 559. The molecule has 0 aromatic heterocycles. The van der Waals surface area contributed by atoms with E-state index in [9.17, 15) is 0 Å². The first-order chi connectivity index (χ1) is 9.76. The molecule has 1 atom stereocenters. The molecular formula is C18H21NO. The maximum Gasteiger partial charge on any atom is 0.120 e. The second-order valence-corrected chi connectivity index (χ2v) is 5.66. The molecule has 0 bridgehead atoms. The Morgan fingerprint density at radius 2 is 1.95 bits per heavy atom.